The molecule has 1 aromatic rings. The topological polar surface area (TPSA) is 34.1 Å². The van der Waals surface area contributed by atoms with Crippen LogP contribution in [0.25, 0.3) is 0 Å². The highest BCUT2D eigenvalue weighted by Crippen LogP contribution is 2.35. The minimum Gasteiger partial charge on any atom is -0.379 e. The number of nitrogens with zero attached hydrogens (tertiary/aromatic N) is 1. The van der Waals surface area contributed by atoms with Gasteiger partial charge >= 0.3 is 0 Å². The summed E-state index contributed by atoms with van der Waals surface area (Å²) >= 11 is 1.79. The van der Waals surface area contributed by atoms with E-state index < -0.39 is 0 Å². The molecular formula is C15H28N2OS. The fraction of sp³-hybridized carbons (Fsp3) is 0.800. The number of ether oxygens (including phenoxy) is 1. The Kier molecular flexibility index (Phi) is 5.53. The molecule has 0 aliphatic rings. The van der Waals surface area contributed by atoms with Crippen molar-refractivity contribution in [3.8, 4) is 0 Å². The number of methoxy groups -OCH3 is 1. The van der Waals surface area contributed by atoms with Crippen LogP contribution in [0.1, 0.15) is 56.1 Å². The van der Waals surface area contributed by atoms with Crippen LogP contribution in [-0.2, 0) is 10.3 Å². The van der Waals surface area contributed by atoms with Gasteiger partial charge in [-0.15, -0.1) is 11.3 Å². The molecule has 3 nitrogen and oxygen atoms in total. The van der Waals surface area contributed by atoms with Crippen molar-refractivity contribution in [2.75, 3.05) is 13.7 Å². The molecule has 1 atom stereocenters. The molecule has 0 aliphatic carbocycles. The second-order valence-corrected chi connectivity index (χ2v) is 7.26. The van der Waals surface area contributed by atoms with E-state index in [2.05, 4.69) is 46.9 Å². The molecule has 0 aromatic carbocycles. The van der Waals surface area contributed by atoms with Crippen LogP contribution in [0.2, 0.25) is 0 Å². The van der Waals surface area contributed by atoms with Crippen molar-refractivity contribution in [1.29, 1.82) is 0 Å². The Hall–Kier alpha value is -0.450. The van der Waals surface area contributed by atoms with E-state index in [0.717, 1.165) is 25.1 Å². The number of hydrogen-bond donors (Lipinski definition) is 1. The third-order valence-corrected chi connectivity index (χ3v) is 4.93. The monoisotopic (exact) mass is 284 g/mol. The van der Waals surface area contributed by atoms with Gasteiger partial charge in [-0.1, -0.05) is 6.92 Å². The van der Waals surface area contributed by atoms with Crippen molar-refractivity contribution in [2.24, 2.45) is 0 Å². The van der Waals surface area contributed by atoms with Crippen molar-refractivity contribution in [3.63, 3.8) is 0 Å². The lowest BCUT2D eigenvalue weighted by atomic mass is 9.88. The van der Waals surface area contributed by atoms with Gasteiger partial charge in [0.2, 0.25) is 0 Å². The molecule has 1 N–H and O–H groups in total. The molecule has 0 spiro atoms. The number of aromatic nitrogens is 1. The Morgan fingerprint density at radius 3 is 2.32 bits per heavy atom. The van der Waals surface area contributed by atoms with Gasteiger partial charge in [-0.2, -0.15) is 0 Å². The van der Waals surface area contributed by atoms with Crippen molar-refractivity contribution in [2.45, 2.75) is 65.5 Å². The molecule has 1 unspecified atom stereocenters. The molecule has 0 fully saturated rings. The first-order valence-electron chi connectivity index (χ1n) is 6.99. The molecule has 4 heteroatoms. The zero-order chi connectivity index (χ0) is 14.7. The van der Waals surface area contributed by atoms with Crippen LogP contribution in [0.3, 0.4) is 0 Å². The molecule has 1 heterocycles. The average Bonchev–Trinajstić information content (AvgIpc) is 2.67. The molecule has 0 aliphatic heterocycles. The summed E-state index contributed by atoms with van der Waals surface area (Å²) in [6, 6.07) is 0. The number of hydrogen-bond acceptors (Lipinski definition) is 4. The summed E-state index contributed by atoms with van der Waals surface area (Å²) < 4.78 is 5.61. The van der Waals surface area contributed by atoms with Crippen molar-refractivity contribution in [1.82, 2.24) is 10.3 Å². The maximum absolute atomic E-state index is 5.61. The standard InChI is InChI=1S/C15H28N2OS/c1-8-9-16-15(6,10-14(4,5)18-7)13-17-11(2)12(3)19-13/h16H,8-10H2,1-7H3. The molecule has 0 saturated heterocycles. The first-order chi connectivity index (χ1) is 8.74. The minimum atomic E-state index is -0.164. The van der Waals surface area contributed by atoms with Gasteiger partial charge in [0.05, 0.1) is 16.8 Å². The highest BCUT2D eigenvalue weighted by Gasteiger charge is 2.36. The summed E-state index contributed by atoms with van der Waals surface area (Å²) in [5.41, 5.74) is 0.849. The summed E-state index contributed by atoms with van der Waals surface area (Å²) in [6.07, 6.45) is 2.02. The van der Waals surface area contributed by atoms with E-state index in [1.165, 1.54) is 9.88 Å². The SMILES string of the molecule is CCCNC(C)(CC(C)(C)OC)c1nc(C)c(C)s1. The van der Waals surface area contributed by atoms with Gasteiger partial charge in [0, 0.05) is 18.4 Å². The zero-order valence-corrected chi connectivity index (χ0v) is 14.2. The molecule has 0 amide bonds. The van der Waals surface area contributed by atoms with Gasteiger partial charge in [-0.25, -0.2) is 4.98 Å². The maximum atomic E-state index is 5.61. The summed E-state index contributed by atoms with van der Waals surface area (Å²) in [6.45, 7) is 13.9. The third-order valence-electron chi connectivity index (χ3n) is 3.60. The maximum Gasteiger partial charge on any atom is 0.113 e. The Bertz CT molecular complexity index is 395. The fourth-order valence-corrected chi connectivity index (χ4v) is 3.28. The van der Waals surface area contributed by atoms with Crippen LogP contribution in [-0.4, -0.2) is 24.2 Å². The minimum absolute atomic E-state index is 0.126. The van der Waals surface area contributed by atoms with E-state index >= 15 is 0 Å². The van der Waals surface area contributed by atoms with Gasteiger partial charge in [0.1, 0.15) is 5.01 Å². The van der Waals surface area contributed by atoms with E-state index in [1.807, 2.05) is 0 Å². The lowest BCUT2D eigenvalue weighted by molar-refractivity contribution is -0.00726. The van der Waals surface area contributed by atoms with E-state index in [4.69, 9.17) is 9.72 Å². The van der Waals surface area contributed by atoms with Gasteiger partial charge < -0.3 is 10.1 Å². The Morgan fingerprint density at radius 2 is 1.89 bits per heavy atom. The lowest BCUT2D eigenvalue weighted by Gasteiger charge is -2.36. The Balaban J connectivity index is 3.04. The van der Waals surface area contributed by atoms with E-state index in [-0.39, 0.29) is 11.1 Å². The normalized spacial score (nSPS) is 15.5. The van der Waals surface area contributed by atoms with Crippen molar-refractivity contribution >= 4 is 11.3 Å². The summed E-state index contributed by atoms with van der Waals surface area (Å²) in [5.74, 6) is 0. The van der Waals surface area contributed by atoms with Crippen LogP contribution in [0.4, 0.5) is 0 Å². The smallest absolute Gasteiger partial charge is 0.113 e. The summed E-state index contributed by atoms with van der Waals surface area (Å²) in [4.78, 5) is 6.05. The van der Waals surface area contributed by atoms with E-state index in [0.29, 0.717) is 0 Å². The Labute approximate surface area is 121 Å². The predicted molar refractivity (Wildman–Crippen MR) is 82.9 cm³/mol. The first-order valence-corrected chi connectivity index (χ1v) is 7.80. The van der Waals surface area contributed by atoms with Crippen molar-refractivity contribution in [3.05, 3.63) is 15.6 Å². The lowest BCUT2D eigenvalue weighted by Crippen LogP contribution is -2.45. The highest BCUT2D eigenvalue weighted by molar-refractivity contribution is 7.11. The first kappa shape index (κ1) is 16.6. The van der Waals surface area contributed by atoms with Gasteiger partial charge in [-0.3, -0.25) is 0 Å². The number of aryl methyl sites for hydroxylation is 2. The van der Waals surface area contributed by atoms with Crippen LogP contribution in [0, 0.1) is 13.8 Å². The Morgan fingerprint density at radius 1 is 1.26 bits per heavy atom. The molecule has 0 bridgehead atoms. The number of nitrogens with one attached hydrogen (secondary N) is 1. The molecule has 0 radical (unpaired) electrons. The average molecular weight is 284 g/mol. The highest BCUT2D eigenvalue weighted by atomic mass is 32.1. The van der Waals surface area contributed by atoms with Gasteiger partial charge in [-0.05, 0) is 47.6 Å². The second kappa shape index (κ2) is 6.33. The largest absolute Gasteiger partial charge is 0.379 e. The van der Waals surface area contributed by atoms with Crippen LogP contribution in [0.5, 0.6) is 0 Å². The van der Waals surface area contributed by atoms with E-state index in [1.54, 1.807) is 18.4 Å². The molecule has 19 heavy (non-hydrogen) atoms. The summed E-state index contributed by atoms with van der Waals surface area (Å²) in [5, 5.41) is 4.83. The predicted octanol–water partition coefficient (Wildman–Crippen LogP) is 3.79. The van der Waals surface area contributed by atoms with Gasteiger partial charge in [0.25, 0.3) is 0 Å². The molecule has 0 saturated carbocycles. The van der Waals surface area contributed by atoms with Gasteiger partial charge in [0.15, 0.2) is 0 Å². The van der Waals surface area contributed by atoms with Crippen molar-refractivity contribution < 1.29 is 4.74 Å². The third kappa shape index (κ3) is 4.26. The molecule has 1 rings (SSSR count). The van der Waals surface area contributed by atoms with E-state index in [9.17, 15) is 0 Å². The molecule has 110 valence electrons. The molecular weight excluding hydrogens is 256 g/mol. The van der Waals surface area contributed by atoms with Crippen LogP contribution >= 0.6 is 11.3 Å². The molecule has 1 aromatic heterocycles. The summed E-state index contributed by atoms with van der Waals surface area (Å²) in [7, 11) is 1.78. The number of rotatable bonds is 7. The quantitative estimate of drug-likeness (QED) is 0.827. The number of thiazole rings is 1. The van der Waals surface area contributed by atoms with Crippen LogP contribution in [0.15, 0.2) is 0 Å². The fourth-order valence-electron chi connectivity index (χ4n) is 2.25. The van der Waals surface area contributed by atoms with Crippen LogP contribution < -0.4 is 5.32 Å². The second-order valence-electron chi connectivity index (χ2n) is 6.06. The zero-order valence-electron chi connectivity index (χ0n) is 13.4.